The van der Waals surface area contributed by atoms with Gasteiger partial charge >= 0.3 is 0 Å². The summed E-state index contributed by atoms with van der Waals surface area (Å²) in [7, 11) is 0. The molecular formula is C44H65N5O9S. The van der Waals surface area contributed by atoms with E-state index < -0.39 is 46.5 Å². The van der Waals surface area contributed by atoms with Crippen molar-refractivity contribution in [3.05, 3.63) is 41.1 Å². The molecule has 15 heteroatoms. The van der Waals surface area contributed by atoms with Crippen LogP contribution in [-0.2, 0) is 44.5 Å². The van der Waals surface area contributed by atoms with Crippen molar-refractivity contribution in [2.75, 3.05) is 19.3 Å². The van der Waals surface area contributed by atoms with Crippen LogP contribution in [0.5, 0.6) is 0 Å². The third-order valence-corrected chi connectivity index (χ3v) is 13.9. The predicted molar refractivity (Wildman–Crippen MR) is 222 cm³/mol. The lowest BCUT2D eigenvalue weighted by Gasteiger charge is -2.55. The molecule has 8 unspecified atom stereocenters. The van der Waals surface area contributed by atoms with Crippen molar-refractivity contribution >= 4 is 41.4 Å². The van der Waals surface area contributed by atoms with Crippen molar-refractivity contribution in [1.82, 2.24) is 25.9 Å². The number of benzene rings is 1. The molecule has 326 valence electrons. The summed E-state index contributed by atoms with van der Waals surface area (Å²) in [6, 6.07) is 6.02. The summed E-state index contributed by atoms with van der Waals surface area (Å²) in [5.41, 5.74) is 2.75. The van der Waals surface area contributed by atoms with E-state index in [9.17, 15) is 24.3 Å². The number of carbonyl (C=O) groups excluding carboxylic acids is 4. The molecule has 2 spiro atoms. The Morgan fingerprint density at radius 1 is 1.00 bits per heavy atom. The van der Waals surface area contributed by atoms with Gasteiger partial charge in [0.25, 0.3) is 0 Å². The molecule has 14 nitrogen and oxygen atoms in total. The average Bonchev–Trinajstić information content (AvgIpc) is 3.45. The highest BCUT2D eigenvalue weighted by molar-refractivity contribution is 7.93. The molecule has 4 amide bonds. The zero-order valence-electron chi connectivity index (χ0n) is 35.9. The lowest BCUT2D eigenvalue weighted by atomic mass is 9.54. The summed E-state index contributed by atoms with van der Waals surface area (Å²) >= 11 is 1.27. The van der Waals surface area contributed by atoms with Crippen LogP contribution in [0, 0.1) is 28.6 Å². The number of rotatable bonds is 13. The molecule has 0 radical (unpaired) electrons. The molecular weight excluding hydrogens is 775 g/mol. The van der Waals surface area contributed by atoms with Crippen LogP contribution in [0.15, 0.2) is 30.0 Å². The summed E-state index contributed by atoms with van der Waals surface area (Å²) in [4.78, 5) is 68.6. The lowest BCUT2D eigenvalue weighted by Crippen LogP contribution is -2.60. The molecule has 5 fully saturated rings. The second-order valence-corrected chi connectivity index (χ2v) is 19.8. The molecule has 2 saturated heterocycles. The first-order chi connectivity index (χ1) is 28.0. The summed E-state index contributed by atoms with van der Waals surface area (Å²) in [5, 5.41) is 21.4. The Labute approximate surface area is 353 Å². The molecule has 3 aliphatic carbocycles. The fourth-order valence-electron chi connectivity index (χ4n) is 10.6. The number of aliphatic hydroxyl groups is 1. The monoisotopic (exact) mass is 839 g/mol. The smallest absolute Gasteiger partial charge is 0.246 e. The Morgan fingerprint density at radius 2 is 1.73 bits per heavy atom. The minimum atomic E-state index is -0.931. The molecule has 3 heterocycles. The number of likely N-dealkylation sites (tertiary alicyclic amines) is 1. The van der Waals surface area contributed by atoms with Crippen molar-refractivity contribution in [2.24, 2.45) is 28.6 Å². The second-order valence-electron chi connectivity index (χ2n) is 19.3. The minimum Gasteiger partial charge on any atom is -0.391 e. The number of carbonyl (C=O) groups is 4. The Kier molecular flexibility index (Phi) is 12.8. The van der Waals surface area contributed by atoms with Crippen molar-refractivity contribution < 1.29 is 43.1 Å². The molecule has 59 heavy (non-hydrogen) atoms. The van der Waals surface area contributed by atoms with Crippen LogP contribution in [0.3, 0.4) is 0 Å². The average molecular weight is 840 g/mol. The Balaban J connectivity index is 0.897. The van der Waals surface area contributed by atoms with Crippen molar-refractivity contribution in [2.45, 2.75) is 155 Å². The highest BCUT2D eigenvalue weighted by Crippen LogP contribution is 2.62. The van der Waals surface area contributed by atoms with Gasteiger partial charge in [-0.15, -0.1) is 0 Å². The molecule has 0 aromatic heterocycles. The Hall–Kier alpha value is -3.21. The Morgan fingerprint density at radius 3 is 2.42 bits per heavy atom. The van der Waals surface area contributed by atoms with Gasteiger partial charge in [-0.05, 0) is 68.8 Å². The highest BCUT2D eigenvalue weighted by Gasteiger charge is 2.66. The standard InChI is InChI=1S/C44H65N5O9S/c1-27-20-32-24-42(22-27,23-28(2)44(32)55-43(56-57-44)17-9-8-10-18-43)40(54)45-19-11-12-35(51)47-37(41(4,5)6)39(53)48-26-33(50)21-34(48)38(52)46-25-30-13-15-31(16-14-30)36-29(3)49(36)58-59-7/h13-16,27-28,32-34,37,50H,8-12,17-26H2,1-7H3,(H,45,54)(H,46,52)(H,47,51). The number of aliphatic hydroxyl groups excluding tert-OH is 1. The van der Waals surface area contributed by atoms with Gasteiger partial charge in [0.1, 0.15) is 12.1 Å². The van der Waals surface area contributed by atoms with Gasteiger partial charge in [0.2, 0.25) is 35.2 Å². The predicted octanol–water partition coefficient (Wildman–Crippen LogP) is 5.70. The summed E-state index contributed by atoms with van der Waals surface area (Å²) in [5.74, 6) is -2.25. The molecule has 2 bridgehead atoms. The minimum absolute atomic E-state index is 0.00368. The SMILES string of the molecule is CSON1C(C)=C1c1ccc(CNC(=O)C2CC(O)CN2C(=O)C(NC(=O)CCCNC(=O)C23CC(C)CC(C2)C2(OOC4(CCCCC4)O2)C(C)C3)C(C)(C)C)cc1. The zero-order chi connectivity index (χ0) is 42.3. The van der Waals surface area contributed by atoms with Crippen LogP contribution in [-0.4, -0.2) is 87.8 Å². The number of nitrogens with one attached hydrogen (secondary N) is 3. The van der Waals surface area contributed by atoms with Gasteiger partial charge in [-0.3, -0.25) is 19.2 Å². The van der Waals surface area contributed by atoms with Crippen molar-refractivity contribution in [3.63, 3.8) is 0 Å². The maximum atomic E-state index is 14.1. The number of fused-ring (bicyclic) bond motifs is 3. The number of β-amino-alcohol motifs (C(OH)–C–C–N with tert-alkyl or cyclic N) is 1. The molecule has 8 atom stereocenters. The van der Waals surface area contributed by atoms with Crippen molar-refractivity contribution in [1.29, 1.82) is 0 Å². The Bertz CT molecular complexity index is 1780. The van der Waals surface area contributed by atoms with E-state index in [2.05, 4.69) is 29.8 Å². The van der Waals surface area contributed by atoms with Crippen LogP contribution in [0.25, 0.3) is 5.70 Å². The summed E-state index contributed by atoms with van der Waals surface area (Å²) in [6.45, 7) is 12.5. The molecule has 1 aromatic rings. The van der Waals surface area contributed by atoms with Crippen LogP contribution >= 0.6 is 12.0 Å². The van der Waals surface area contributed by atoms with Crippen molar-refractivity contribution in [3.8, 4) is 0 Å². The summed E-state index contributed by atoms with van der Waals surface area (Å²) in [6.07, 6.45) is 9.57. The second kappa shape index (κ2) is 17.3. The topological polar surface area (TPSA) is 168 Å². The van der Waals surface area contributed by atoms with E-state index in [4.69, 9.17) is 18.8 Å². The number of hydroxylamine groups is 2. The fraction of sp³-hybridized carbons (Fsp3) is 0.727. The highest BCUT2D eigenvalue weighted by atomic mass is 32.2. The fourth-order valence-corrected chi connectivity index (χ4v) is 11.0. The normalized spacial score (nSPS) is 31.7. The molecule has 3 aliphatic heterocycles. The largest absolute Gasteiger partial charge is 0.391 e. The molecule has 1 aromatic carbocycles. The van der Waals surface area contributed by atoms with Gasteiger partial charge in [0.15, 0.2) is 0 Å². The third kappa shape index (κ3) is 9.06. The van der Waals surface area contributed by atoms with Crippen LogP contribution < -0.4 is 16.0 Å². The van der Waals surface area contributed by atoms with Crippen LogP contribution in [0.2, 0.25) is 0 Å². The van der Waals surface area contributed by atoms with Gasteiger partial charge in [0, 0.05) is 81.0 Å². The molecule has 7 rings (SSSR count). The van der Waals surface area contributed by atoms with Crippen LogP contribution in [0.4, 0.5) is 0 Å². The van der Waals surface area contributed by atoms with E-state index in [-0.39, 0.29) is 55.5 Å². The number of nitrogens with zero attached hydrogens (tertiary/aromatic N) is 2. The summed E-state index contributed by atoms with van der Waals surface area (Å²) < 4.78 is 12.3. The lowest BCUT2D eigenvalue weighted by molar-refractivity contribution is -0.382. The van der Waals surface area contributed by atoms with Gasteiger partial charge in [-0.1, -0.05) is 65.3 Å². The van der Waals surface area contributed by atoms with E-state index >= 15 is 0 Å². The first-order valence-electron chi connectivity index (χ1n) is 21.7. The van der Waals surface area contributed by atoms with Gasteiger partial charge < -0.3 is 30.7 Å². The van der Waals surface area contributed by atoms with E-state index in [1.165, 1.54) is 23.4 Å². The maximum Gasteiger partial charge on any atom is 0.246 e. The van der Waals surface area contributed by atoms with E-state index in [0.717, 1.165) is 61.0 Å². The number of hydrogen-bond donors (Lipinski definition) is 4. The first kappa shape index (κ1) is 43.9. The number of ether oxygens (including phenoxy) is 1. The van der Waals surface area contributed by atoms with Crippen LogP contribution in [0.1, 0.15) is 130 Å². The molecule has 4 N–H and O–H groups in total. The molecule has 6 aliphatic rings. The number of allylic oxidation sites excluding steroid dienone is 1. The maximum absolute atomic E-state index is 14.1. The molecule has 3 saturated carbocycles. The van der Waals surface area contributed by atoms with E-state index in [1.54, 1.807) is 5.06 Å². The quantitative estimate of drug-likeness (QED) is 0.109. The van der Waals surface area contributed by atoms with Gasteiger partial charge in [-0.25, -0.2) is 5.06 Å². The number of hydrogen-bond acceptors (Lipinski definition) is 11. The number of amides is 4. The first-order valence-corrected chi connectivity index (χ1v) is 22.9. The van der Waals surface area contributed by atoms with E-state index in [0.29, 0.717) is 31.7 Å². The third-order valence-electron chi connectivity index (χ3n) is 13.6. The van der Waals surface area contributed by atoms with Gasteiger partial charge in [0.05, 0.1) is 22.9 Å². The van der Waals surface area contributed by atoms with E-state index in [1.807, 2.05) is 58.2 Å². The van der Waals surface area contributed by atoms with Gasteiger partial charge in [-0.2, -0.15) is 14.1 Å². The zero-order valence-corrected chi connectivity index (χ0v) is 36.7.